The maximum Gasteiger partial charge on any atom is 0.411 e. The first kappa shape index (κ1) is 13.8. The van der Waals surface area contributed by atoms with Crippen molar-refractivity contribution in [3.05, 3.63) is 29.8 Å². The van der Waals surface area contributed by atoms with Crippen LogP contribution in [0, 0.1) is 0 Å². The number of rotatable bonds is 6. The van der Waals surface area contributed by atoms with Gasteiger partial charge in [-0.1, -0.05) is 12.1 Å². The Morgan fingerprint density at radius 3 is 2.59 bits per heavy atom. The summed E-state index contributed by atoms with van der Waals surface area (Å²) in [4.78, 5) is 0. The molecule has 0 heterocycles. The van der Waals surface area contributed by atoms with Crippen molar-refractivity contribution in [2.75, 3.05) is 19.8 Å². The van der Waals surface area contributed by atoms with Gasteiger partial charge >= 0.3 is 6.18 Å². The van der Waals surface area contributed by atoms with Gasteiger partial charge in [-0.15, -0.1) is 0 Å². The first-order valence-electron chi connectivity index (χ1n) is 5.07. The molecule has 0 saturated heterocycles. The minimum absolute atomic E-state index is 0.0735. The Morgan fingerprint density at radius 2 is 1.94 bits per heavy atom. The van der Waals surface area contributed by atoms with Crippen molar-refractivity contribution in [3.63, 3.8) is 0 Å². The molecule has 1 aromatic carbocycles. The molecule has 0 fully saturated rings. The molecule has 96 valence electrons. The van der Waals surface area contributed by atoms with Crippen LogP contribution in [-0.2, 0) is 11.3 Å². The van der Waals surface area contributed by atoms with E-state index in [1.165, 1.54) is 0 Å². The molecule has 0 aliphatic carbocycles. The van der Waals surface area contributed by atoms with Crippen molar-refractivity contribution in [1.82, 2.24) is 0 Å². The van der Waals surface area contributed by atoms with Gasteiger partial charge < -0.3 is 15.2 Å². The third-order valence-corrected chi connectivity index (χ3v) is 1.90. The van der Waals surface area contributed by atoms with Gasteiger partial charge in [0.15, 0.2) is 0 Å². The highest BCUT2D eigenvalue weighted by atomic mass is 19.4. The van der Waals surface area contributed by atoms with Crippen molar-refractivity contribution in [1.29, 1.82) is 0 Å². The Labute approximate surface area is 97.3 Å². The van der Waals surface area contributed by atoms with Crippen molar-refractivity contribution in [2.45, 2.75) is 12.7 Å². The second kappa shape index (κ2) is 6.46. The minimum Gasteiger partial charge on any atom is -0.491 e. The predicted octanol–water partition coefficient (Wildman–Crippen LogP) is 2.10. The number of halogens is 3. The van der Waals surface area contributed by atoms with Crippen LogP contribution in [0.3, 0.4) is 0 Å². The number of benzene rings is 1. The van der Waals surface area contributed by atoms with Gasteiger partial charge in [0.1, 0.15) is 19.0 Å². The monoisotopic (exact) mass is 249 g/mol. The largest absolute Gasteiger partial charge is 0.491 e. The van der Waals surface area contributed by atoms with E-state index in [1.54, 1.807) is 18.2 Å². The van der Waals surface area contributed by atoms with Crippen molar-refractivity contribution in [3.8, 4) is 5.75 Å². The van der Waals surface area contributed by atoms with Crippen LogP contribution in [-0.4, -0.2) is 26.0 Å². The highest BCUT2D eigenvalue weighted by Crippen LogP contribution is 2.15. The Kier molecular flexibility index (Phi) is 5.24. The maximum absolute atomic E-state index is 11.7. The van der Waals surface area contributed by atoms with E-state index in [4.69, 9.17) is 10.5 Å². The van der Waals surface area contributed by atoms with E-state index in [-0.39, 0.29) is 13.2 Å². The van der Waals surface area contributed by atoms with Crippen molar-refractivity contribution in [2.24, 2.45) is 5.73 Å². The molecule has 2 N–H and O–H groups in total. The summed E-state index contributed by atoms with van der Waals surface area (Å²) >= 11 is 0. The van der Waals surface area contributed by atoms with Gasteiger partial charge in [0.25, 0.3) is 0 Å². The minimum atomic E-state index is -4.29. The second-order valence-electron chi connectivity index (χ2n) is 3.37. The topological polar surface area (TPSA) is 44.5 Å². The van der Waals surface area contributed by atoms with Gasteiger partial charge in [0.2, 0.25) is 0 Å². The Hall–Kier alpha value is -1.27. The molecule has 0 aromatic heterocycles. The van der Waals surface area contributed by atoms with Crippen LogP contribution in [0.5, 0.6) is 5.75 Å². The highest BCUT2D eigenvalue weighted by molar-refractivity contribution is 5.28. The van der Waals surface area contributed by atoms with Gasteiger partial charge in [-0.2, -0.15) is 13.2 Å². The molecule has 1 aromatic rings. The molecule has 0 aliphatic rings. The molecule has 0 atom stereocenters. The molecular weight excluding hydrogens is 235 g/mol. The summed E-state index contributed by atoms with van der Waals surface area (Å²) in [6, 6.07) is 7.06. The van der Waals surface area contributed by atoms with E-state index >= 15 is 0 Å². The van der Waals surface area contributed by atoms with E-state index in [1.807, 2.05) is 6.07 Å². The van der Waals surface area contributed by atoms with Gasteiger partial charge in [-0.05, 0) is 17.7 Å². The molecule has 0 aliphatic heterocycles. The average molecular weight is 249 g/mol. The van der Waals surface area contributed by atoms with Crippen molar-refractivity contribution < 1.29 is 22.6 Å². The number of ether oxygens (including phenoxy) is 2. The summed E-state index contributed by atoms with van der Waals surface area (Å²) in [5.74, 6) is 0.573. The van der Waals surface area contributed by atoms with E-state index in [0.717, 1.165) is 5.56 Å². The zero-order chi connectivity index (χ0) is 12.7. The molecule has 3 nitrogen and oxygen atoms in total. The molecule has 17 heavy (non-hydrogen) atoms. The summed E-state index contributed by atoms with van der Waals surface area (Å²) in [6.45, 7) is -0.891. The summed E-state index contributed by atoms with van der Waals surface area (Å²) in [7, 11) is 0. The number of nitrogens with two attached hydrogens (primary N) is 1. The quantitative estimate of drug-likeness (QED) is 0.785. The lowest BCUT2D eigenvalue weighted by molar-refractivity contribution is -0.175. The van der Waals surface area contributed by atoms with E-state index in [0.29, 0.717) is 12.3 Å². The van der Waals surface area contributed by atoms with Crippen LogP contribution in [0.25, 0.3) is 0 Å². The van der Waals surface area contributed by atoms with Crippen LogP contribution in [0.2, 0.25) is 0 Å². The highest BCUT2D eigenvalue weighted by Gasteiger charge is 2.27. The smallest absolute Gasteiger partial charge is 0.411 e. The third kappa shape index (κ3) is 6.13. The standard InChI is InChI=1S/C11H14F3NO2/c12-11(13,14)8-16-4-5-17-10-3-1-2-9(6-10)7-15/h1-3,6H,4-5,7-8,15H2. The zero-order valence-corrected chi connectivity index (χ0v) is 9.17. The first-order valence-corrected chi connectivity index (χ1v) is 5.07. The van der Waals surface area contributed by atoms with Crippen LogP contribution < -0.4 is 10.5 Å². The Balaban J connectivity index is 2.22. The van der Waals surface area contributed by atoms with Crippen molar-refractivity contribution >= 4 is 0 Å². The zero-order valence-electron chi connectivity index (χ0n) is 9.17. The number of hydrogen-bond acceptors (Lipinski definition) is 3. The Morgan fingerprint density at radius 1 is 1.18 bits per heavy atom. The fourth-order valence-corrected chi connectivity index (χ4v) is 1.17. The SMILES string of the molecule is NCc1cccc(OCCOCC(F)(F)F)c1. The summed E-state index contributed by atoms with van der Waals surface area (Å²) < 4.78 is 44.8. The number of alkyl halides is 3. The lowest BCUT2D eigenvalue weighted by Gasteiger charge is -2.09. The fourth-order valence-electron chi connectivity index (χ4n) is 1.17. The van der Waals surface area contributed by atoms with Crippen LogP contribution in [0.1, 0.15) is 5.56 Å². The molecule has 0 amide bonds. The van der Waals surface area contributed by atoms with E-state index in [2.05, 4.69) is 4.74 Å². The predicted molar refractivity (Wildman–Crippen MR) is 56.7 cm³/mol. The number of hydrogen-bond donors (Lipinski definition) is 1. The molecule has 6 heteroatoms. The maximum atomic E-state index is 11.7. The van der Waals surface area contributed by atoms with Gasteiger partial charge in [0.05, 0.1) is 6.61 Å². The molecule has 0 saturated carbocycles. The third-order valence-electron chi connectivity index (χ3n) is 1.90. The van der Waals surface area contributed by atoms with Gasteiger partial charge in [-0.25, -0.2) is 0 Å². The molecule has 0 spiro atoms. The molecule has 1 rings (SSSR count). The fraction of sp³-hybridized carbons (Fsp3) is 0.455. The lowest BCUT2D eigenvalue weighted by atomic mass is 10.2. The van der Waals surface area contributed by atoms with Crippen LogP contribution in [0.4, 0.5) is 13.2 Å². The molecule has 0 unspecified atom stereocenters. The molecule has 0 bridgehead atoms. The first-order chi connectivity index (χ1) is 8.01. The van der Waals surface area contributed by atoms with E-state index < -0.39 is 12.8 Å². The molecule has 0 radical (unpaired) electrons. The van der Waals surface area contributed by atoms with Crippen LogP contribution >= 0.6 is 0 Å². The van der Waals surface area contributed by atoms with Gasteiger partial charge in [-0.3, -0.25) is 0 Å². The summed E-state index contributed by atoms with van der Waals surface area (Å²) in [5.41, 5.74) is 6.34. The summed E-state index contributed by atoms with van der Waals surface area (Å²) in [6.07, 6.45) is -4.29. The average Bonchev–Trinajstić information content (AvgIpc) is 2.27. The molecular formula is C11H14F3NO2. The normalized spacial score (nSPS) is 11.5. The summed E-state index contributed by atoms with van der Waals surface area (Å²) in [5, 5.41) is 0. The van der Waals surface area contributed by atoms with Crippen LogP contribution in [0.15, 0.2) is 24.3 Å². The van der Waals surface area contributed by atoms with E-state index in [9.17, 15) is 13.2 Å². The Bertz CT molecular complexity index is 342. The van der Waals surface area contributed by atoms with Gasteiger partial charge in [0, 0.05) is 6.54 Å². The second-order valence-corrected chi connectivity index (χ2v) is 3.37. The lowest BCUT2D eigenvalue weighted by Crippen LogP contribution is -2.19.